The van der Waals surface area contributed by atoms with Gasteiger partial charge in [0.15, 0.2) is 9.84 Å². The Morgan fingerprint density at radius 3 is 2.38 bits per heavy atom. The zero-order valence-electron chi connectivity index (χ0n) is 11.5. The van der Waals surface area contributed by atoms with Crippen LogP contribution in [0, 0.1) is 0 Å². The Bertz CT molecular complexity index is 727. The molecule has 0 fully saturated rings. The molecule has 2 N–H and O–H groups in total. The maximum atomic E-state index is 11.4. The van der Waals surface area contributed by atoms with Gasteiger partial charge in [-0.2, -0.15) is 0 Å². The van der Waals surface area contributed by atoms with Crippen molar-refractivity contribution in [2.24, 2.45) is 5.73 Å². The first-order valence-corrected chi connectivity index (χ1v) is 8.64. The highest BCUT2D eigenvalue weighted by Crippen LogP contribution is 2.31. The fourth-order valence-electron chi connectivity index (χ4n) is 1.90. The second kappa shape index (κ2) is 6.47. The maximum absolute atomic E-state index is 11.4. The average molecular weight is 326 g/mol. The number of hydrogen-bond acceptors (Lipinski definition) is 4. The van der Waals surface area contributed by atoms with Crippen LogP contribution in [0.3, 0.4) is 0 Å². The summed E-state index contributed by atoms with van der Waals surface area (Å²) in [6, 6.07) is 11.6. The van der Waals surface area contributed by atoms with E-state index in [-0.39, 0.29) is 4.90 Å². The number of rotatable bonds is 5. The van der Waals surface area contributed by atoms with Gasteiger partial charge in [-0.05, 0) is 49.4 Å². The standard InChI is InChI=1S/C15H16ClNO3S/c1-21(18,19)12-7-5-11(6-8-12)20-15-4-2-3-14(16)13(15)9-10-17/h2-8H,9-10,17H2,1H3. The van der Waals surface area contributed by atoms with Crippen molar-refractivity contribution in [3.63, 3.8) is 0 Å². The summed E-state index contributed by atoms with van der Waals surface area (Å²) >= 11 is 6.14. The Morgan fingerprint density at radius 2 is 1.81 bits per heavy atom. The van der Waals surface area contributed by atoms with Gasteiger partial charge in [-0.25, -0.2) is 8.42 Å². The predicted octanol–water partition coefficient (Wildman–Crippen LogP) is 3.04. The van der Waals surface area contributed by atoms with E-state index in [0.717, 1.165) is 5.56 Å². The van der Waals surface area contributed by atoms with Crippen LogP contribution in [0.1, 0.15) is 5.56 Å². The summed E-state index contributed by atoms with van der Waals surface area (Å²) in [7, 11) is -3.21. The lowest BCUT2D eigenvalue weighted by molar-refractivity contribution is 0.476. The molecule has 0 unspecified atom stereocenters. The van der Waals surface area contributed by atoms with E-state index in [1.807, 2.05) is 0 Å². The molecule has 0 radical (unpaired) electrons. The van der Waals surface area contributed by atoms with Gasteiger partial charge in [-0.1, -0.05) is 17.7 Å². The molecule has 0 amide bonds. The van der Waals surface area contributed by atoms with E-state index in [1.54, 1.807) is 30.3 Å². The van der Waals surface area contributed by atoms with Crippen LogP contribution < -0.4 is 10.5 Å². The molecule has 4 nitrogen and oxygen atoms in total. The monoisotopic (exact) mass is 325 g/mol. The molecule has 0 spiro atoms. The first kappa shape index (κ1) is 15.8. The predicted molar refractivity (Wildman–Crippen MR) is 83.8 cm³/mol. The number of hydrogen-bond donors (Lipinski definition) is 1. The summed E-state index contributed by atoms with van der Waals surface area (Å²) in [6.45, 7) is 0.465. The third-order valence-electron chi connectivity index (χ3n) is 2.95. The van der Waals surface area contributed by atoms with Crippen LogP contribution in [0.5, 0.6) is 11.5 Å². The lowest BCUT2D eigenvalue weighted by Gasteiger charge is -2.12. The average Bonchev–Trinajstić information content (AvgIpc) is 2.42. The number of benzene rings is 2. The number of nitrogens with two attached hydrogens (primary N) is 1. The Hall–Kier alpha value is -1.56. The SMILES string of the molecule is CS(=O)(=O)c1ccc(Oc2cccc(Cl)c2CCN)cc1. The zero-order valence-corrected chi connectivity index (χ0v) is 13.1. The van der Waals surface area contributed by atoms with Crippen LogP contribution in [0.2, 0.25) is 5.02 Å². The number of ether oxygens (including phenoxy) is 1. The van der Waals surface area contributed by atoms with Crippen LogP contribution in [0.25, 0.3) is 0 Å². The Balaban J connectivity index is 2.28. The summed E-state index contributed by atoms with van der Waals surface area (Å²) in [5.74, 6) is 1.17. The largest absolute Gasteiger partial charge is 0.457 e. The van der Waals surface area contributed by atoms with E-state index >= 15 is 0 Å². The first-order valence-electron chi connectivity index (χ1n) is 6.37. The van der Waals surface area contributed by atoms with Crippen molar-refractivity contribution in [2.45, 2.75) is 11.3 Å². The lowest BCUT2D eigenvalue weighted by Crippen LogP contribution is -2.04. The van der Waals surface area contributed by atoms with Gasteiger partial charge in [-0.3, -0.25) is 0 Å². The summed E-state index contributed by atoms with van der Waals surface area (Å²) < 4.78 is 28.6. The van der Waals surface area contributed by atoms with Crippen molar-refractivity contribution < 1.29 is 13.2 Å². The van der Waals surface area contributed by atoms with Crippen molar-refractivity contribution in [3.8, 4) is 11.5 Å². The van der Waals surface area contributed by atoms with E-state index in [9.17, 15) is 8.42 Å². The van der Waals surface area contributed by atoms with Gasteiger partial charge in [0.05, 0.1) is 4.90 Å². The molecular weight excluding hydrogens is 310 g/mol. The zero-order chi connectivity index (χ0) is 15.5. The summed E-state index contributed by atoms with van der Waals surface area (Å²) in [5.41, 5.74) is 6.42. The second-order valence-corrected chi connectivity index (χ2v) is 7.02. The second-order valence-electron chi connectivity index (χ2n) is 4.60. The van der Waals surface area contributed by atoms with Gasteiger partial charge in [0.25, 0.3) is 0 Å². The molecule has 0 bridgehead atoms. The molecule has 2 aromatic rings. The topological polar surface area (TPSA) is 69.4 Å². The number of sulfone groups is 1. The normalized spacial score (nSPS) is 11.4. The highest BCUT2D eigenvalue weighted by Gasteiger charge is 2.10. The quantitative estimate of drug-likeness (QED) is 0.917. The highest BCUT2D eigenvalue weighted by molar-refractivity contribution is 7.90. The molecule has 0 aliphatic carbocycles. The molecule has 0 aliphatic heterocycles. The van der Waals surface area contributed by atoms with E-state index in [1.165, 1.54) is 18.4 Å². The van der Waals surface area contributed by atoms with Crippen LogP contribution >= 0.6 is 11.6 Å². The van der Waals surface area contributed by atoms with Crippen LogP contribution in [-0.4, -0.2) is 21.2 Å². The first-order chi connectivity index (χ1) is 9.91. The minimum Gasteiger partial charge on any atom is -0.457 e. The van der Waals surface area contributed by atoms with Crippen molar-refractivity contribution in [1.82, 2.24) is 0 Å². The molecule has 0 atom stereocenters. The summed E-state index contributed by atoms with van der Waals surface area (Å²) in [5, 5.41) is 0.603. The van der Waals surface area contributed by atoms with Gasteiger partial charge < -0.3 is 10.5 Å². The van der Waals surface area contributed by atoms with Crippen molar-refractivity contribution in [2.75, 3.05) is 12.8 Å². The lowest BCUT2D eigenvalue weighted by atomic mass is 10.1. The minimum absolute atomic E-state index is 0.253. The summed E-state index contributed by atoms with van der Waals surface area (Å²) in [6.07, 6.45) is 1.77. The van der Waals surface area contributed by atoms with Gasteiger partial charge >= 0.3 is 0 Å². The molecule has 112 valence electrons. The van der Waals surface area contributed by atoms with Gasteiger partial charge in [0.2, 0.25) is 0 Å². The molecule has 2 rings (SSSR count). The Kier molecular flexibility index (Phi) is 4.88. The highest BCUT2D eigenvalue weighted by atomic mass is 35.5. The number of halogens is 1. The maximum Gasteiger partial charge on any atom is 0.175 e. The third-order valence-corrected chi connectivity index (χ3v) is 4.43. The van der Waals surface area contributed by atoms with Crippen molar-refractivity contribution in [1.29, 1.82) is 0 Å². The molecule has 2 aromatic carbocycles. The molecule has 0 heterocycles. The molecule has 0 saturated carbocycles. The smallest absolute Gasteiger partial charge is 0.175 e. The van der Waals surface area contributed by atoms with E-state index in [0.29, 0.717) is 29.5 Å². The molecule has 6 heteroatoms. The van der Waals surface area contributed by atoms with Crippen LogP contribution in [-0.2, 0) is 16.3 Å². The van der Waals surface area contributed by atoms with Gasteiger partial charge in [0, 0.05) is 16.8 Å². The summed E-state index contributed by atoms with van der Waals surface area (Å²) in [4.78, 5) is 0.253. The Labute approximate surface area is 129 Å². The van der Waals surface area contributed by atoms with Crippen molar-refractivity contribution >= 4 is 21.4 Å². The Morgan fingerprint density at radius 1 is 1.14 bits per heavy atom. The fraction of sp³-hybridized carbons (Fsp3) is 0.200. The molecule has 0 saturated heterocycles. The van der Waals surface area contributed by atoms with E-state index < -0.39 is 9.84 Å². The van der Waals surface area contributed by atoms with Crippen molar-refractivity contribution in [3.05, 3.63) is 53.1 Å². The van der Waals surface area contributed by atoms with E-state index in [4.69, 9.17) is 22.1 Å². The molecular formula is C15H16ClNO3S. The van der Waals surface area contributed by atoms with Crippen LogP contribution in [0.4, 0.5) is 0 Å². The molecule has 0 aromatic heterocycles. The third kappa shape index (κ3) is 3.97. The molecule has 21 heavy (non-hydrogen) atoms. The van der Waals surface area contributed by atoms with Crippen LogP contribution in [0.15, 0.2) is 47.4 Å². The fourth-order valence-corrected chi connectivity index (χ4v) is 2.79. The van der Waals surface area contributed by atoms with Gasteiger partial charge in [-0.15, -0.1) is 0 Å². The minimum atomic E-state index is -3.21. The van der Waals surface area contributed by atoms with E-state index in [2.05, 4.69) is 0 Å². The molecule has 0 aliphatic rings. The van der Waals surface area contributed by atoms with Gasteiger partial charge in [0.1, 0.15) is 11.5 Å².